The Kier molecular flexibility index (Phi) is 13.6. The molecule has 0 aromatic carbocycles. The van der Waals surface area contributed by atoms with Crippen LogP contribution in [-0.4, -0.2) is 29.9 Å². The first-order chi connectivity index (χ1) is 6.41. The molecule has 0 rings (SSSR count). The van der Waals surface area contributed by atoms with Gasteiger partial charge in [-0.3, -0.25) is 0 Å². The van der Waals surface area contributed by atoms with Gasteiger partial charge in [0.1, 0.15) is 0 Å². The predicted molar refractivity (Wildman–Crippen MR) is 68.1 cm³/mol. The zero-order chi connectivity index (χ0) is 9.78. The van der Waals surface area contributed by atoms with E-state index in [1.54, 1.807) is 0 Å². The molecule has 0 saturated heterocycles. The second kappa shape index (κ2) is 12.8. The molecule has 3 heteroatoms. The fourth-order valence-corrected chi connectivity index (χ4v) is 2.12. The zero-order valence-corrected chi connectivity index (χ0v) is 11.1. The van der Waals surface area contributed by atoms with Crippen LogP contribution >= 0.6 is 27.7 Å². The summed E-state index contributed by atoms with van der Waals surface area (Å²) < 4.78 is 0. The molecule has 0 amide bonds. The van der Waals surface area contributed by atoms with Crippen molar-refractivity contribution in [2.75, 3.05) is 29.9 Å². The highest BCUT2D eigenvalue weighted by atomic mass is 79.9. The Morgan fingerprint density at radius 3 is 2.54 bits per heavy atom. The van der Waals surface area contributed by atoms with E-state index in [1.807, 2.05) is 11.8 Å². The first-order valence-electron chi connectivity index (χ1n) is 5.26. The smallest absolute Gasteiger partial charge is 0.00313 e. The van der Waals surface area contributed by atoms with Gasteiger partial charge in [-0.2, -0.15) is 11.8 Å². The van der Waals surface area contributed by atoms with Crippen molar-refractivity contribution < 1.29 is 0 Å². The molecule has 0 bridgehead atoms. The summed E-state index contributed by atoms with van der Waals surface area (Å²) >= 11 is 5.47. The molecule has 80 valence electrons. The molecule has 0 aromatic rings. The van der Waals surface area contributed by atoms with Crippen molar-refractivity contribution in [2.24, 2.45) is 0 Å². The number of alkyl halides is 1. The Labute approximate surface area is 95.6 Å². The van der Waals surface area contributed by atoms with Gasteiger partial charge in [0, 0.05) is 5.33 Å². The molecule has 0 spiro atoms. The van der Waals surface area contributed by atoms with E-state index in [-0.39, 0.29) is 0 Å². The van der Waals surface area contributed by atoms with Crippen molar-refractivity contribution in [3.05, 3.63) is 0 Å². The summed E-state index contributed by atoms with van der Waals surface area (Å²) in [7, 11) is 0. The fraction of sp³-hybridized carbons (Fsp3) is 1.00. The molecular weight excluding hydrogens is 246 g/mol. The second-order valence-electron chi connectivity index (χ2n) is 3.05. The summed E-state index contributed by atoms with van der Waals surface area (Å²) in [5.74, 6) is 2.57. The van der Waals surface area contributed by atoms with E-state index >= 15 is 0 Å². The number of hydrogen-bond donors (Lipinski definition) is 1. The lowest BCUT2D eigenvalue weighted by molar-refractivity contribution is 0.615. The van der Waals surface area contributed by atoms with Crippen LogP contribution in [0.4, 0.5) is 0 Å². The van der Waals surface area contributed by atoms with Crippen LogP contribution in [-0.2, 0) is 0 Å². The third-order valence-corrected chi connectivity index (χ3v) is 3.38. The molecule has 1 nitrogen and oxygen atoms in total. The van der Waals surface area contributed by atoms with E-state index < -0.39 is 0 Å². The van der Waals surface area contributed by atoms with E-state index in [1.165, 1.54) is 50.3 Å². The molecule has 0 atom stereocenters. The topological polar surface area (TPSA) is 12.0 Å². The number of unbranched alkanes of at least 4 members (excludes halogenated alkanes) is 2. The van der Waals surface area contributed by atoms with Gasteiger partial charge in [0.05, 0.1) is 0 Å². The molecular formula is C10H22BrNS. The highest BCUT2D eigenvalue weighted by Crippen LogP contribution is 2.00. The Morgan fingerprint density at radius 1 is 1.08 bits per heavy atom. The van der Waals surface area contributed by atoms with Gasteiger partial charge in [0.2, 0.25) is 0 Å². The van der Waals surface area contributed by atoms with Crippen molar-refractivity contribution in [3.8, 4) is 0 Å². The maximum absolute atomic E-state index is 3.47. The third kappa shape index (κ3) is 12.8. The Morgan fingerprint density at radius 2 is 1.85 bits per heavy atom. The van der Waals surface area contributed by atoms with Crippen LogP contribution < -0.4 is 5.32 Å². The molecule has 0 fully saturated rings. The molecule has 0 radical (unpaired) electrons. The summed E-state index contributed by atoms with van der Waals surface area (Å²) in [5.41, 5.74) is 0. The summed E-state index contributed by atoms with van der Waals surface area (Å²) in [6.45, 7) is 4.61. The second-order valence-corrected chi connectivity index (χ2v) is 5.24. The molecule has 0 heterocycles. The SMILES string of the molecule is CCSCCCNCCCCCBr. The van der Waals surface area contributed by atoms with Crippen LogP contribution in [0.15, 0.2) is 0 Å². The van der Waals surface area contributed by atoms with E-state index in [4.69, 9.17) is 0 Å². The van der Waals surface area contributed by atoms with Crippen LogP contribution in [0.5, 0.6) is 0 Å². The van der Waals surface area contributed by atoms with Crippen LogP contribution in [0.25, 0.3) is 0 Å². The molecule has 13 heavy (non-hydrogen) atoms. The maximum atomic E-state index is 3.47. The Bertz CT molecular complexity index is 81.0. The highest BCUT2D eigenvalue weighted by Gasteiger charge is 1.89. The van der Waals surface area contributed by atoms with Gasteiger partial charge in [-0.05, 0) is 43.9 Å². The molecule has 0 aliphatic carbocycles. The average molecular weight is 268 g/mol. The van der Waals surface area contributed by atoms with Gasteiger partial charge in [-0.15, -0.1) is 0 Å². The minimum absolute atomic E-state index is 1.15. The van der Waals surface area contributed by atoms with Crippen molar-refractivity contribution in [2.45, 2.75) is 32.6 Å². The summed E-state index contributed by atoms with van der Waals surface area (Å²) in [6.07, 6.45) is 5.30. The van der Waals surface area contributed by atoms with Gasteiger partial charge in [0.15, 0.2) is 0 Å². The van der Waals surface area contributed by atoms with Crippen molar-refractivity contribution in [1.29, 1.82) is 0 Å². The Balaban J connectivity index is 2.76. The number of hydrogen-bond acceptors (Lipinski definition) is 2. The minimum Gasteiger partial charge on any atom is -0.317 e. The monoisotopic (exact) mass is 267 g/mol. The largest absolute Gasteiger partial charge is 0.317 e. The molecule has 0 aliphatic heterocycles. The number of rotatable bonds is 10. The summed E-state index contributed by atoms with van der Waals surface area (Å²) in [5, 5.41) is 4.63. The predicted octanol–water partition coefficient (Wildman–Crippen LogP) is 3.28. The van der Waals surface area contributed by atoms with Gasteiger partial charge >= 0.3 is 0 Å². The lowest BCUT2D eigenvalue weighted by atomic mass is 10.2. The van der Waals surface area contributed by atoms with Crippen molar-refractivity contribution >= 4 is 27.7 Å². The van der Waals surface area contributed by atoms with Crippen LogP contribution in [0.2, 0.25) is 0 Å². The minimum atomic E-state index is 1.15. The molecule has 0 saturated carbocycles. The summed E-state index contributed by atoms with van der Waals surface area (Å²) in [4.78, 5) is 0. The highest BCUT2D eigenvalue weighted by molar-refractivity contribution is 9.09. The van der Waals surface area contributed by atoms with E-state index in [0.717, 1.165) is 5.33 Å². The third-order valence-electron chi connectivity index (χ3n) is 1.83. The molecule has 0 unspecified atom stereocenters. The van der Waals surface area contributed by atoms with Crippen LogP contribution in [0.1, 0.15) is 32.6 Å². The number of halogens is 1. The van der Waals surface area contributed by atoms with Crippen molar-refractivity contribution in [1.82, 2.24) is 5.32 Å². The first-order valence-corrected chi connectivity index (χ1v) is 7.53. The standard InChI is InChI=1S/C10H22BrNS/c1-2-13-10-6-9-12-8-5-3-4-7-11/h12H,2-10H2,1H3. The lowest BCUT2D eigenvalue weighted by Gasteiger charge is -2.03. The van der Waals surface area contributed by atoms with Crippen LogP contribution in [0, 0.1) is 0 Å². The van der Waals surface area contributed by atoms with E-state index in [9.17, 15) is 0 Å². The van der Waals surface area contributed by atoms with Crippen molar-refractivity contribution in [3.63, 3.8) is 0 Å². The average Bonchev–Trinajstić information content (AvgIpc) is 2.16. The quantitative estimate of drug-likeness (QED) is 0.482. The Hall–Kier alpha value is 0.790. The number of thioether (sulfide) groups is 1. The van der Waals surface area contributed by atoms with Crippen LogP contribution in [0.3, 0.4) is 0 Å². The van der Waals surface area contributed by atoms with E-state index in [2.05, 4.69) is 28.2 Å². The zero-order valence-electron chi connectivity index (χ0n) is 8.65. The first kappa shape index (κ1) is 13.8. The number of nitrogens with one attached hydrogen (secondary N) is 1. The molecule has 0 aliphatic rings. The lowest BCUT2D eigenvalue weighted by Crippen LogP contribution is -2.17. The molecule has 1 N–H and O–H groups in total. The fourth-order valence-electron chi connectivity index (χ4n) is 1.09. The maximum Gasteiger partial charge on any atom is 0.00313 e. The molecule has 0 aromatic heterocycles. The van der Waals surface area contributed by atoms with Gasteiger partial charge in [-0.25, -0.2) is 0 Å². The summed E-state index contributed by atoms with van der Waals surface area (Å²) in [6, 6.07) is 0. The van der Waals surface area contributed by atoms with Gasteiger partial charge < -0.3 is 5.32 Å². The van der Waals surface area contributed by atoms with Gasteiger partial charge in [0.25, 0.3) is 0 Å². The van der Waals surface area contributed by atoms with E-state index in [0.29, 0.717) is 0 Å². The van der Waals surface area contributed by atoms with Gasteiger partial charge in [-0.1, -0.05) is 29.3 Å². The normalized spacial score (nSPS) is 10.6.